The minimum atomic E-state index is -0.187. The first-order valence-corrected chi connectivity index (χ1v) is 6.09. The molecule has 1 aromatic carbocycles. The summed E-state index contributed by atoms with van der Waals surface area (Å²) in [4.78, 5) is 11.9. The van der Waals surface area contributed by atoms with Crippen LogP contribution >= 0.6 is 0 Å². The number of carbonyl (C=O) groups is 1. The summed E-state index contributed by atoms with van der Waals surface area (Å²) in [6, 6.07) is 7.37. The summed E-state index contributed by atoms with van der Waals surface area (Å²) in [7, 11) is 0. The van der Waals surface area contributed by atoms with Gasteiger partial charge in [-0.2, -0.15) is 0 Å². The van der Waals surface area contributed by atoms with E-state index in [1.807, 2.05) is 38.1 Å². The Balaban J connectivity index is 2.68. The zero-order chi connectivity index (χ0) is 12.8. The lowest BCUT2D eigenvalue weighted by molar-refractivity contribution is 0.0897. The maximum Gasteiger partial charge on any atom is 0.251 e. The second-order valence-corrected chi connectivity index (χ2v) is 4.56. The standard InChI is InChI=1S/C14H21NO2/c1-4-11-5-7-12(8-6-11)14(17)15-13(9-16)10(2)3/h5-8,10,13,16H,4,9H2,1-3H3,(H,15,17)/t13-/m1/s1. The number of rotatable bonds is 5. The summed E-state index contributed by atoms with van der Waals surface area (Å²) in [6.45, 7) is 5.99. The van der Waals surface area contributed by atoms with Crippen LogP contribution in [-0.2, 0) is 6.42 Å². The molecule has 1 aromatic rings. The monoisotopic (exact) mass is 235 g/mol. The average Bonchev–Trinajstić information content (AvgIpc) is 2.35. The maximum atomic E-state index is 11.9. The van der Waals surface area contributed by atoms with Crippen molar-refractivity contribution in [1.29, 1.82) is 0 Å². The van der Waals surface area contributed by atoms with Crippen LogP contribution in [0.2, 0.25) is 0 Å². The molecule has 0 spiro atoms. The Morgan fingerprint density at radius 1 is 1.29 bits per heavy atom. The zero-order valence-electron chi connectivity index (χ0n) is 10.7. The molecule has 0 fully saturated rings. The molecule has 1 amide bonds. The number of amides is 1. The van der Waals surface area contributed by atoms with Crippen LogP contribution in [0.15, 0.2) is 24.3 Å². The van der Waals surface area contributed by atoms with Gasteiger partial charge in [0.25, 0.3) is 5.91 Å². The van der Waals surface area contributed by atoms with Gasteiger partial charge in [-0.1, -0.05) is 32.9 Å². The van der Waals surface area contributed by atoms with E-state index in [9.17, 15) is 4.79 Å². The molecule has 1 atom stereocenters. The van der Waals surface area contributed by atoms with Gasteiger partial charge in [-0.3, -0.25) is 4.79 Å². The normalized spacial score (nSPS) is 12.5. The minimum absolute atomic E-state index is 0.0313. The van der Waals surface area contributed by atoms with Crippen molar-refractivity contribution < 1.29 is 9.90 Å². The van der Waals surface area contributed by atoms with E-state index in [-0.39, 0.29) is 24.5 Å². The molecule has 0 aliphatic carbocycles. The van der Waals surface area contributed by atoms with Gasteiger partial charge < -0.3 is 10.4 Å². The lowest BCUT2D eigenvalue weighted by Gasteiger charge is -2.19. The molecule has 3 nitrogen and oxygen atoms in total. The molecular weight excluding hydrogens is 214 g/mol. The van der Waals surface area contributed by atoms with Crippen molar-refractivity contribution in [2.75, 3.05) is 6.61 Å². The highest BCUT2D eigenvalue weighted by molar-refractivity contribution is 5.94. The molecule has 0 saturated heterocycles. The van der Waals surface area contributed by atoms with Gasteiger partial charge >= 0.3 is 0 Å². The van der Waals surface area contributed by atoms with Crippen LogP contribution in [0.1, 0.15) is 36.7 Å². The van der Waals surface area contributed by atoms with Gasteiger partial charge in [-0.15, -0.1) is 0 Å². The van der Waals surface area contributed by atoms with E-state index < -0.39 is 0 Å². The van der Waals surface area contributed by atoms with Crippen LogP contribution < -0.4 is 5.32 Å². The van der Waals surface area contributed by atoms with E-state index in [4.69, 9.17) is 5.11 Å². The lowest BCUT2D eigenvalue weighted by atomic mass is 10.0. The Bertz CT molecular complexity index is 357. The van der Waals surface area contributed by atoms with Gasteiger partial charge in [0.2, 0.25) is 0 Å². The Hall–Kier alpha value is -1.35. The van der Waals surface area contributed by atoms with Crippen molar-refractivity contribution in [3.63, 3.8) is 0 Å². The van der Waals surface area contributed by atoms with Crippen molar-refractivity contribution in [3.8, 4) is 0 Å². The number of benzene rings is 1. The molecule has 0 aromatic heterocycles. The predicted octanol–water partition coefficient (Wildman–Crippen LogP) is 2.00. The third-order valence-electron chi connectivity index (χ3n) is 2.94. The first-order valence-electron chi connectivity index (χ1n) is 6.09. The molecule has 1 rings (SSSR count). The largest absolute Gasteiger partial charge is 0.394 e. The number of hydrogen-bond donors (Lipinski definition) is 2. The molecule has 3 heteroatoms. The molecule has 0 aliphatic heterocycles. The van der Waals surface area contributed by atoms with Crippen LogP contribution in [0.4, 0.5) is 0 Å². The minimum Gasteiger partial charge on any atom is -0.394 e. The number of aliphatic hydroxyl groups excluding tert-OH is 1. The fourth-order valence-electron chi connectivity index (χ4n) is 1.57. The molecule has 0 aliphatic rings. The fourth-order valence-corrected chi connectivity index (χ4v) is 1.57. The highest BCUT2D eigenvalue weighted by atomic mass is 16.3. The summed E-state index contributed by atoms with van der Waals surface area (Å²) < 4.78 is 0. The van der Waals surface area contributed by atoms with E-state index in [2.05, 4.69) is 12.2 Å². The van der Waals surface area contributed by atoms with Crippen molar-refractivity contribution >= 4 is 5.91 Å². The van der Waals surface area contributed by atoms with Gasteiger partial charge in [-0.25, -0.2) is 0 Å². The summed E-state index contributed by atoms with van der Waals surface area (Å²) >= 11 is 0. The predicted molar refractivity (Wildman–Crippen MR) is 69.0 cm³/mol. The maximum absolute atomic E-state index is 11.9. The van der Waals surface area contributed by atoms with Crippen LogP contribution in [0.5, 0.6) is 0 Å². The van der Waals surface area contributed by atoms with Crippen LogP contribution in [-0.4, -0.2) is 23.7 Å². The molecule has 0 bridgehead atoms. The summed E-state index contributed by atoms with van der Waals surface area (Å²) in [5.74, 6) is 0.0965. The smallest absolute Gasteiger partial charge is 0.251 e. The number of carbonyl (C=O) groups excluding carboxylic acids is 1. The van der Waals surface area contributed by atoms with E-state index in [1.54, 1.807) is 0 Å². The van der Waals surface area contributed by atoms with E-state index in [0.29, 0.717) is 5.56 Å². The highest BCUT2D eigenvalue weighted by Crippen LogP contribution is 2.07. The number of aliphatic hydroxyl groups is 1. The number of nitrogens with one attached hydrogen (secondary N) is 1. The van der Waals surface area contributed by atoms with Crippen molar-refractivity contribution in [2.24, 2.45) is 5.92 Å². The fraction of sp³-hybridized carbons (Fsp3) is 0.500. The molecule has 17 heavy (non-hydrogen) atoms. The van der Waals surface area contributed by atoms with Gasteiger partial charge in [0.05, 0.1) is 12.6 Å². The quantitative estimate of drug-likeness (QED) is 0.820. The Labute approximate surface area is 103 Å². The molecular formula is C14H21NO2. The first-order chi connectivity index (χ1) is 8.08. The highest BCUT2D eigenvalue weighted by Gasteiger charge is 2.15. The van der Waals surface area contributed by atoms with Crippen LogP contribution in [0.3, 0.4) is 0 Å². The van der Waals surface area contributed by atoms with E-state index >= 15 is 0 Å². The lowest BCUT2D eigenvalue weighted by Crippen LogP contribution is -2.41. The van der Waals surface area contributed by atoms with E-state index in [0.717, 1.165) is 6.42 Å². The Kier molecular flexibility index (Phi) is 5.16. The third-order valence-corrected chi connectivity index (χ3v) is 2.94. The summed E-state index contributed by atoms with van der Waals surface area (Å²) in [6.07, 6.45) is 0.965. The molecule has 94 valence electrons. The summed E-state index contributed by atoms with van der Waals surface area (Å²) in [5, 5.41) is 12.0. The van der Waals surface area contributed by atoms with Gasteiger partial charge in [-0.05, 0) is 30.0 Å². The Morgan fingerprint density at radius 2 is 1.88 bits per heavy atom. The molecule has 0 heterocycles. The SMILES string of the molecule is CCc1ccc(C(=O)N[C@H](CO)C(C)C)cc1. The second-order valence-electron chi connectivity index (χ2n) is 4.56. The topological polar surface area (TPSA) is 49.3 Å². The van der Waals surface area contributed by atoms with Crippen LogP contribution in [0.25, 0.3) is 0 Å². The molecule has 0 unspecified atom stereocenters. The van der Waals surface area contributed by atoms with E-state index in [1.165, 1.54) is 5.56 Å². The van der Waals surface area contributed by atoms with Crippen molar-refractivity contribution in [1.82, 2.24) is 5.32 Å². The Morgan fingerprint density at radius 3 is 2.29 bits per heavy atom. The number of aryl methyl sites for hydroxylation is 1. The summed E-state index contributed by atoms with van der Waals surface area (Å²) in [5.41, 5.74) is 1.85. The third kappa shape index (κ3) is 3.86. The van der Waals surface area contributed by atoms with Gasteiger partial charge in [0.15, 0.2) is 0 Å². The molecule has 2 N–H and O–H groups in total. The van der Waals surface area contributed by atoms with Crippen molar-refractivity contribution in [3.05, 3.63) is 35.4 Å². The number of hydrogen-bond acceptors (Lipinski definition) is 2. The first kappa shape index (κ1) is 13.7. The average molecular weight is 235 g/mol. The van der Waals surface area contributed by atoms with Gasteiger partial charge in [0.1, 0.15) is 0 Å². The van der Waals surface area contributed by atoms with Crippen molar-refractivity contribution in [2.45, 2.75) is 33.2 Å². The van der Waals surface area contributed by atoms with Gasteiger partial charge in [0, 0.05) is 5.56 Å². The van der Waals surface area contributed by atoms with Crippen LogP contribution in [0, 0.1) is 5.92 Å². The molecule has 0 radical (unpaired) electrons. The second kappa shape index (κ2) is 6.40. The zero-order valence-corrected chi connectivity index (χ0v) is 10.7. The molecule has 0 saturated carbocycles.